The number of hydrogen-bond acceptors (Lipinski definition) is 11. The van der Waals surface area contributed by atoms with Crippen LogP contribution in [0.15, 0.2) is 108 Å². The molecule has 0 saturated heterocycles. The zero-order valence-electron chi connectivity index (χ0n) is 28.3. The summed E-state index contributed by atoms with van der Waals surface area (Å²) in [6.07, 6.45) is 4.23. The molecule has 0 saturated carbocycles. The Morgan fingerprint density at radius 3 is 1.44 bits per heavy atom. The van der Waals surface area contributed by atoms with Crippen molar-refractivity contribution in [3.63, 3.8) is 0 Å². The van der Waals surface area contributed by atoms with Gasteiger partial charge in [0.25, 0.3) is 0 Å². The summed E-state index contributed by atoms with van der Waals surface area (Å²) in [5.74, 6) is -0.955. The fourth-order valence-corrected chi connectivity index (χ4v) is 8.51. The van der Waals surface area contributed by atoms with Crippen LogP contribution in [0.3, 0.4) is 0 Å². The van der Waals surface area contributed by atoms with E-state index < -0.39 is 0 Å². The van der Waals surface area contributed by atoms with E-state index in [1.54, 1.807) is 0 Å². The first-order chi connectivity index (χ1) is 25.3. The number of nitrogens with one attached hydrogen (secondary N) is 2. The summed E-state index contributed by atoms with van der Waals surface area (Å²) < 4.78 is 0. The molecule has 0 radical (unpaired) electrons. The molecule has 8 rings (SSSR count). The Balaban J connectivity index is 0.791. The van der Waals surface area contributed by atoms with Gasteiger partial charge in [0.15, 0.2) is 0 Å². The highest BCUT2D eigenvalue weighted by Gasteiger charge is 2.31. The topological polar surface area (TPSA) is 121 Å². The number of hydrogen-bond donors (Lipinski definition) is 2. The first kappa shape index (κ1) is 33.5. The second-order valence-electron chi connectivity index (χ2n) is 12.9. The molecule has 0 atom stereocenters. The third-order valence-electron chi connectivity index (χ3n) is 9.23. The maximum absolute atomic E-state index is 13.3. The number of aromatic nitrogens is 2. The lowest BCUT2D eigenvalue weighted by Crippen LogP contribution is -2.31. The lowest BCUT2D eigenvalue weighted by Gasteiger charge is -2.18. The average molecular weight is 724 g/mol. The van der Waals surface area contributed by atoms with Gasteiger partial charge in [0.2, 0.25) is 23.1 Å². The molecule has 4 aromatic carbocycles. The van der Waals surface area contributed by atoms with Gasteiger partial charge in [-0.1, -0.05) is 72.8 Å². The molecule has 6 aromatic rings. The second kappa shape index (κ2) is 14.2. The number of carbonyl (C=O) groups is 4. The number of allylic oxidation sites excluding steroid dienone is 4. The summed E-state index contributed by atoms with van der Waals surface area (Å²) in [6.45, 7) is 2.59. The second-order valence-corrected chi connectivity index (χ2v) is 14.9. The van der Waals surface area contributed by atoms with Gasteiger partial charge in [-0.3, -0.25) is 19.2 Å². The Morgan fingerprint density at radius 2 is 1.00 bits per heavy atom. The van der Waals surface area contributed by atoms with E-state index in [0.717, 1.165) is 58.6 Å². The van der Waals surface area contributed by atoms with Gasteiger partial charge in [-0.15, -0.1) is 22.7 Å². The number of benzene rings is 4. The van der Waals surface area contributed by atoms with Crippen LogP contribution in [-0.4, -0.2) is 71.2 Å². The number of nitrogens with zero attached hydrogens (tertiary/aromatic N) is 3. The maximum Gasteiger partial charge on any atom is 0.221 e. The van der Waals surface area contributed by atoms with E-state index in [9.17, 15) is 19.2 Å². The molecule has 0 amide bonds. The summed E-state index contributed by atoms with van der Waals surface area (Å²) >= 11 is 2.51. The summed E-state index contributed by atoms with van der Waals surface area (Å²) in [5, 5.41) is 12.0. The third-order valence-corrected chi connectivity index (χ3v) is 11.4. The molecule has 9 nitrogen and oxygen atoms in total. The van der Waals surface area contributed by atoms with Gasteiger partial charge in [0.05, 0.1) is 11.4 Å². The molecule has 2 aromatic heterocycles. The molecule has 0 fully saturated rings. The van der Waals surface area contributed by atoms with Crippen molar-refractivity contribution in [1.82, 2.24) is 25.5 Å². The third kappa shape index (κ3) is 6.61. The predicted octanol–water partition coefficient (Wildman–Crippen LogP) is 7.36. The number of carbonyl (C=O) groups excluding carboxylic acids is 4. The van der Waals surface area contributed by atoms with E-state index in [1.807, 2.05) is 92.0 Å². The van der Waals surface area contributed by atoms with Gasteiger partial charge in [-0.25, -0.2) is 9.97 Å². The summed E-state index contributed by atoms with van der Waals surface area (Å²) in [5.41, 5.74) is 2.78. The minimum absolute atomic E-state index is 0.209. The van der Waals surface area contributed by atoms with Crippen LogP contribution in [0.4, 0.5) is 0 Å². The zero-order chi connectivity index (χ0) is 35.8. The molecule has 2 heterocycles. The first-order valence-corrected chi connectivity index (χ1v) is 18.7. The van der Waals surface area contributed by atoms with Gasteiger partial charge in [0, 0.05) is 36.4 Å². The van der Waals surface area contributed by atoms with Crippen LogP contribution in [0.2, 0.25) is 0 Å². The van der Waals surface area contributed by atoms with Crippen LogP contribution >= 0.6 is 22.7 Å². The molecule has 0 bridgehead atoms. The quantitative estimate of drug-likeness (QED) is 0.125. The van der Waals surface area contributed by atoms with Crippen LogP contribution in [0.25, 0.3) is 42.7 Å². The highest BCUT2D eigenvalue weighted by atomic mass is 32.1. The van der Waals surface area contributed by atoms with Crippen molar-refractivity contribution >= 4 is 67.4 Å². The molecule has 0 spiro atoms. The fourth-order valence-electron chi connectivity index (χ4n) is 6.47. The minimum Gasteiger partial charge on any atom is -0.382 e. The summed E-state index contributed by atoms with van der Waals surface area (Å²) in [7, 11) is 2.01. The Bertz CT molecular complexity index is 2320. The molecule has 2 aliphatic carbocycles. The molecule has 2 N–H and O–H groups in total. The lowest BCUT2D eigenvalue weighted by molar-refractivity contribution is 0.0978. The van der Waals surface area contributed by atoms with E-state index in [2.05, 4.69) is 25.5 Å². The van der Waals surface area contributed by atoms with Crippen LogP contribution in [0.1, 0.15) is 53.2 Å². The molecule has 2 aliphatic rings. The van der Waals surface area contributed by atoms with Crippen LogP contribution < -0.4 is 10.6 Å². The number of rotatable bonds is 12. The van der Waals surface area contributed by atoms with Gasteiger partial charge < -0.3 is 15.5 Å². The molecule has 258 valence electrons. The van der Waals surface area contributed by atoms with E-state index in [1.165, 1.54) is 34.8 Å². The lowest BCUT2D eigenvalue weighted by atomic mass is 10.0. The van der Waals surface area contributed by atoms with Crippen molar-refractivity contribution < 1.29 is 19.2 Å². The van der Waals surface area contributed by atoms with Gasteiger partial charge in [-0.05, 0) is 66.7 Å². The first-order valence-electron chi connectivity index (χ1n) is 17.1. The van der Waals surface area contributed by atoms with E-state index in [-0.39, 0.29) is 34.5 Å². The zero-order valence-corrected chi connectivity index (χ0v) is 29.9. The van der Waals surface area contributed by atoms with Crippen LogP contribution in [0, 0.1) is 0 Å². The van der Waals surface area contributed by atoms with Crippen molar-refractivity contribution in [2.45, 2.75) is 12.8 Å². The largest absolute Gasteiger partial charge is 0.382 e. The minimum atomic E-state index is -0.268. The molecular weight excluding hydrogens is 691 g/mol. The highest BCUT2D eigenvalue weighted by molar-refractivity contribution is 7.18. The smallest absolute Gasteiger partial charge is 0.221 e. The normalized spacial score (nSPS) is 14.1. The van der Waals surface area contributed by atoms with E-state index in [0.29, 0.717) is 44.3 Å². The average Bonchev–Trinajstić information content (AvgIpc) is 3.83. The Morgan fingerprint density at radius 1 is 0.577 bits per heavy atom. The SMILES string of the molecule is CN(CCCNC1=CC(=O)c2nc(-c3ccc4ccccc4c3)sc2C1=O)CCCNC1=CC(=O)c2nc(-c3ccc4ccccc4c3)sc2C1=O. The predicted molar refractivity (Wildman–Crippen MR) is 206 cm³/mol. The van der Waals surface area contributed by atoms with Gasteiger partial charge in [0.1, 0.15) is 31.2 Å². The molecule has 0 aliphatic heterocycles. The van der Waals surface area contributed by atoms with Crippen LogP contribution in [0.5, 0.6) is 0 Å². The van der Waals surface area contributed by atoms with Crippen molar-refractivity contribution in [2.24, 2.45) is 0 Å². The van der Waals surface area contributed by atoms with Gasteiger partial charge >= 0.3 is 0 Å². The Hall–Kier alpha value is -5.62. The number of ketones is 4. The maximum atomic E-state index is 13.3. The molecular formula is C41H33N5O4S2. The Labute approximate surface area is 307 Å². The molecule has 11 heteroatoms. The number of Topliss-reactive ketones (excluding diaryl/α,β-unsaturated/α-hetero) is 2. The summed E-state index contributed by atoms with van der Waals surface area (Å²) in [6, 6.07) is 28.1. The summed E-state index contributed by atoms with van der Waals surface area (Å²) in [4.78, 5) is 64.4. The standard InChI is InChI=1S/C41H33N5O4S2/c1-46(18-6-16-42-30-22-32(47)34-38(36(30)49)51-40(44-34)28-14-12-24-8-2-4-10-26(24)20-28)19-7-17-43-31-23-33(48)35-39(37(31)50)52-41(45-35)29-15-13-25-9-3-5-11-27(25)21-29/h2-5,8-15,20-23,42-43H,6-7,16-19H2,1H3. The van der Waals surface area contributed by atoms with E-state index >= 15 is 0 Å². The number of fused-ring (bicyclic) bond motifs is 4. The fraction of sp³-hybridized carbons (Fsp3) is 0.171. The number of thiazole rings is 2. The molecule has 0 unspecified atom stereocenters. The van der Waals surface area contributed by atoms with Crippen molar-refractivity contribution in [1.29, 1.82) is 0 Å². The van der Waals surface area contributed by atoms with Crippen molar-refractivity contribution in [3.8, 4) is 21.1 Å². The van der Waals surface area contributed by atoms with Crippen LogP contribution in [-0.2, 0) is 0 Å². The molecule has 52 heavy (non-hydrogen) atoms. The van der Waals surface area contributed by atoms with E-state index in [4.69, 9.17) is 0 Å². The monoisotopic (exact) mass is 723 g/mol. The van der Waals surface area contributed by atoms with Crippen molar-refractivity contribution in [2.75, 3.05) is 33.2 Å². The Kier molecular flexibility index (Phi) is 9.14. The highest BCUT2D eigenvalue weighted by Crippen LogP contribution is 2.35. The van der Waals surface area contributed by atoms with Gasteiger partial charge in [-0.2, -0.15) is 0 Å². The van der Waals surface area contributed by atoms with Crippen molar-refractivity contribution in [3.05, 3.63) is 130 Å².